The van der Waals surface area contributed by atoms with Crippen molar-refractivity contribution in [2.24, 2.45) is 0 Å². The molecule has 1 N–H and O–H groups in total. The smallest absolute Gasteiger partial charge is 0.266 e. The molecule has 1 amide bonds. The second-order valence-electron chi connectivity index (χ2n) is 4.13. The second-order valence-corrected chi connectivity index (χ2v) is 4.13. The Balaban J connectivity index is 2.52. The van der Waals surface area contributed by atoms with Crippen molar-refractivity contribution in [3.05, 3.63) is 11.8 Å². The van der Waals surface area contributed by atoms with Crippen LogP contribution in [0.2, 0.25) is 0 Å². The molecule has 1 aliphatic heterocycles. The highest BCUT2D eigenvalue weighted by Crippen LogP contribution is 2.05. The van der Waals surface area contributed by atoms with Crippen molar-refractivity contribution < 1.29 is 4.79 Å². The number of rotatable bonds is 4. The Bertz CT molecular complexity index is 396. The molecule has 0 aromatic rings. The summed E-state index contributed by atoms with van der Waals surface area (Å²) in [5.41, 5.74) is 0.0949. The first-order chi connectivity index (χ1) is 8.69. The van der Waals surface area contributed by atoms with E-state index >= 15 is 0 Å². The maximum absolute atomic E-state index is 12.0. The van der Waals surface area contributed by atoms with E-state index < -0.39 is 0 Å². The molecule has 1 fully saturated rings. The average molecular weight is 247 g/mol. The van der Waals surface area contributed by atoms with Crippen LogP contribution in [0.3, 0.4) is 0 Å². The number of likely N-dealkylation sites (N-methyl/N-ethyl adjacent to an activating group) is 1. The Labute approximate surface area is 107 Å². The van der Waals surface area contributed by atoms with Crippen LogP contribution in [-0.2, 0) is 4.79 Å². The van der Waals surface area contributed by atoms with Crippen LogP contribution in [0.4, 0.5) is 0 Å². The molecule has 0 unspecified atom stereocenters. The molecule has 0 aromatic carbocycles. The number of amides is 1. The van der Waals surface area contributed by atoms with Crippen LogP contribution in [0.15, 0.2) is 11.8 Å². The number of hydrogen-bond donors (Lipinski definition) is 1. The van der Waals surface area contributed by atoms with Crippen LogP contribution in [0.5, 0.6) is 0 Å². The number of carbonyl (C=O) groups excluding carboxylic acids is 1. The van der Waals surface area contributed by atoms with Gasteiger partial charge in [0.15, 0.2) is 0 Å². The van der Waals surface area contributed by atoms with Crippen molar-refractivity contribution in [2.45, 2.75) is 6.42 Å². The van der Waals surface area contributed by atoms with Gasteiger partial charge in [-0.3, -0.25) is 4.79 Å². The maximum atomic E-state index is 12.0. The Kier molecular flexibility index (Phi) is 5.69. The molecule has 1 saturated heterocycles. The Morgan fingerprint density at radius 3 is 2.56 bits per heavy atom. The summed E-state index contributed by atoms with van der Waals surface area (Å²) >= 11 is 0. The van der Waals surface area contributed by atoms with E-state index in [0.717, 1.165) is 13.1 Å². The Morgan fingerprint density at radius 2 is 2.00 bits per heavy atom. The van der Waals surface area contributed by atoms with Crippen LogP contribution in [0.25, 0.3) is 0 Å². The van der Waals surface area contributed by atoms with Gasteiger partial charge in [0.05, 0.1) is 12.5 Å². The fraction of sp³-hybridized carbons (Fsp3) is 0.583. The average Bonchev–Trinajstić information content (AvgIpc) is 2.39. The molecule has 0 radical (unpaired) electrons. The van der Waals surface area contributed by atoms with Gasteiger partial charge in [0.1, 0.15) is 11.6 Å². The molecule has 18 heavy (non-hydrogen) atoms. The van der Waals surface area contributed by atoms with Gasteiger partial charge < -0.3 is 15.1 Å². The fourth-order valence-corrected chi connectivity index (χ4v) is 1.62. The minimum absolute atomic E-state index is 0.0949. The van der Waals surface area contributed by atoms with Crippen LogP contribution in [-0.4, -0.2) is 55.5 Å². The summed E-state index contributed by atoms with van der Waals surface area (Å²) in [7, 11) is 2.01. The van der Waals surface area contributed by atoms with E-state index in [4.69, 9.17) is 10.5 Å². The lowest BCUT2D eigenvalue weighted by molar-refractivity contribution is -0.128. The summed E-state index contributed by atoms with van der Waals surface area (Å²) in [4.78, 5) is 15.8. The normalized spacial score (nSPS) is 16.8. The standard InChI is InChI=1S/C12H17N5O/c1-16-5-7-17(8-6-16)12(18)11(9-14)10-15-4-2-3-13/h10,15H,2,4-8H2,1H3/b11-10-. The Morgan fingerprint density at radius 1 is 1.33 bits per heavy atom. The summed E-state index contributed by atoms with van der Waals surface area (Å²) in [6, 6.07) is 3.88. The third-order valence-corrected chi connectivity index (χ3v) is 2.77. The monoisotopic (exact) mass is 247 g/mol. The van der Waals surface area contributed by atoms with E-state index in [9.17, 15) is 4.79 Å². The van der Waals surface area contributed by atoms with Crippen LogP contribution in [0.1, 0.15) is 6.42 Å². The number of nitriles is 2. The number of piperazine rings is 1. The number of hydrogen-bond acceptors (Lipinski definition) is 5. The van der Waals surface area contributed by atoms with E-state index in [1.165, 1.54) is 6.20 Å². The van der Waals surface area contributed by atoms with Crippen LogP contribution < -0.4 is 5.32 Å². The zero-order valence-corrected chi connectivity index (χ0v) is 10.5. The summed E-state index contributed by atoms with van der Waals surface area (Å²) in [5, 5.41) is 20.1. The van der Waals surface area contributed by atoms with Crippen molar-refractivity contribution in [3.8, 4) is 12.1 Å². The molecule has 6 nitrogen and oxygen atoms in total. The number of nitrogens with zero attached hydrogens (tertiary/aromatic N) is 4. The van der Waals surface area contributed by atoms with E-state index in [-0.39, 0.29) is 11.5 Å². The molecular formula is C12H17N5O. The lowest BCUT2D eigenvalue weighted by atomic mass is 10.2. The van der Waals surface area contributed by atoms with Crippen molar-refractivity contribution >= 4 is 5.91 Å². The van der Waals surface area contributed by atoms with Gasteiger partial charge in [-0.15, -0.1) is 0 Å². The molecule has 0 aromatic heterocycles. The highest BCUT2D eigenvalue weighted by molar-refractivity contribution is 5.97. The van der Waals surface area contributed by atoms with Crippen molar-refractivity contribution in [1.29, 1.82) is 10.5 Å². The highest BCUT2D eigenvalue weighted by Gasteiger charge is 2.21. The number of carbonyl (C=O) groups is 1. The first kappa shape index (κ1) is 14.0. The molecule has 0 atom stereocenters. The largest absolute Gasteiger partial charge is 0.389 e. The molecule has 1 aliphatic rings. The van der Waals surface area contributed by atoms with Gasteiger partial charge in [0, 0.05) is 38.9 Å². The maximum Gasteiger partial charge on any atom is 0.266 e. The van der Waals surface area contributed by atoms with Gasteiger partial charge in [-0.2, -0.15) is 10.5 Å². The molecule has 1 rings (SSSR count). The third kappa shape index (κ3) is 4.08. The minimum atomic E-state index is -0.241. The van der Waals surface area contributed by atoms with Crippen molar-refractivity contribution in [1.82, 2.24) is 15.1 Å². The third-order valence-electron chi connectivity index (χ3n) is 2.77. The quantitative estimate of drug-likeness (QED) is 0.418. The summed E-state index contributed by atoms with van der Waals surface area (Å²) in [5.74, 6) is -0.241. The molecule has 0 bridgehead atoms. The van der Waals surface area contributed by atoms with Gasteiger partial charge in [0.25, 0.3) is 5.91 Å². The van der Waals surface area contributed by atoms with E-state index in [1.807, 2.05) is 19.2 Å². The summed E-state index contributed by atoms with van der Waals surface area (Å²) in [6.45, 7) is 3.38. The fourth-order valence-electron chi connectivity index (χ4n) is 1.62. The molecule has 6 heteroatoms. The van der Waals surface area contributed by atoms with E-state index in [0.29, 0.717) is 26.1 Å². The first-order valence-electron chi connectivity index (χ1n) is 5.87. The van der Waals surface area contributed by atoms with Gasteiger partial charge in [-0.05, 0) is 7.05 Å². The molecule has 0 spiro atoms. The van der Waals surface area contributed by atoms with Gasteiger partial charge >= 0.3 is 0 Å². The predicted octanol–water partition coefficient (Wildman–Crippen LogP) is -0.329. The topological polar surface area (TPSA) is 83.2 Å². The molecule has 1 heterocycles. The van der Waals surface area contributed by atoms with Gasteiger partial charge in [-0.25, -0.2) is 0 Å². The van der Waals surface area contributed by atoms with E-state index in [2.05, 4.69) is 10.2 Å². The van der Waals surface area contributed by atoms with Gasteiger partial charge in [-0.1, -0.05) is 0 Å². The lowest BCUT2D eigenvalue weighted by Crippen LogP contribution is -2.47. The Hall–Kier alpha value is -2.05. The van der Waals surface area contributed by atoms with Crippen LogP contribution >= 0.6 is 0 Å². The summed E-state index contributed by atoms with van der Waals surface area (Å²) in [6.07, 6.45) is 1.75. The predicted molar refractivity (Wildman–Crippen MR) is 66.0 cm³/mol. The molecule has 0 aliphatic carbocycles. The van der Waals surface area contributed by atoms with Crippen molar-refractivity contribution in [3.63, 3.8) is 0 Å². The second kappa shape index (κ2) is 7.31. The minimum Gasteiger partial charge on any atom is -0.389 e. The number of nitrogens with one attached hydrogen (secondary N) is 1. The van der Waals surface area contributed by atoms with Crippen LogP contribution in [0, 0.1) is 22.7 Å². The zero-order valence-electron chi connectivity index (χ0n) is 10.5. The molecule has 0 saturated carbocycles. The van der Waals surface area contributed by atoms with Gasteiger partial charge in [0.2, 0.25) is 0 Å². The highest BCUT2D eigenvalue weighted by atomic mass is 16.2. The molecular weight excluding hydrogens is 230 g/mol. The SMILES string of the molecule is CN1CCN(C(=O)/C(C#N)=C\NCCC#N)CC1. The summed E-state index contributed by atoms with van der Waals surface area (Å²) < 4.78 is 0. The first-order valence-corrected chi connectivity index (χ1v) is 5.87. The van der Waals surface area contributed by atoms with E-state index in [1.54, 1.807) is 4.90 Å². The molecule has 96 valence electrons. The zero-order chi connectivity index (χ0) is 13.4. The lowest BCUT2D eigenvalue weighted by Gasteiger charge is -2.32. The van der Waals surface area contributed by atoms with Crippen molar-refractivity contribution in [2.75, 3.05) is 39.8 Å².